The number of aromatic nitrogens is 1. The number of amides is 1. The van der Waals surface area contributed by atoms with Gasteiger partial charge >= 0.3 is 0 Å². The highest BCUT2D eigenvalue weighted by Crippen LogP contribution is 2.41. The predicted octanol–water partition coefficient (Wildman–Crippen LogP) is 1.95. The minimum atomic E-state index is -3.80. The Kier molecular flexibility index (Phi) is 7.64. The van der Waals surface area contributed by atoms with Gasteiger partial charge in [-0.1, -0.05) is 6.92 Å². The molecule has 2 fully saturated rings. The van der Waals surface area contributed by atoms with E-state index in [9.17, 15) is 13.2 Å². The smallest absolute Gasteiger partial charge is 0.248 e. The van der Waals surface area contributed by atoms with Crippen LogP contribution in [0.2, 0.25) is 0 Å². The molecule has 0 spiro atoms. The third kappa shape index (κ3) is 5.25. The van der Waals surface area contributed by atoms with Crippen LogP contribution >= 0.6 is 0 Å². The number of carbonyl (C=O) groups is 1. The van der Waals surface area contributed by atoms with Crippen molar-refractivity contribution in [3.63, 3.8) is 0 Å². The summed E-state index contributed by atoms with van der Waals surface area (Å²) in [5, 5.41) is 0. The summed E-state index contributed by atoms with van der Waals surface area (Å²) in [6, 6.07) is 7.26. The van der Waals surface area contributed by atoms with Crippen molar-refractivity contribution in [3.8, 4) is 17.4 Å². The summed E-state index contributed by atoms with van der Waals surface area (Å²) in [4.78, 5) is 22.4. The lowest BCUT2D eigenvalue weighted by molar-refractivity contribution is -0.130. The molecule has 1 unspecified atom stereocenters. The van der Waals surface area contributed by atoms with Crippen LogP contribution in [0.5, 0.6) is 17.4 Å². The van der Waals surface area contributed by atoms with Gasteiger partial charge in [-0.3, -0.25) is 4.79 Å². The molecule has 1 atom stereocenters. The fraction of sp³-hybridized carbons (Fsp3) is 0.538. The maximum atomic E-state index is 13.6. The first-order valence-corrected chi connectivity index (χ1v) is 14.5. The average Bonchev–Trinajstić information content (AvgIpc) is 3.40. The Balaban J connectivity index is 1.42. The van der Waals surface area contributed by atoms with E-state index in [1.807, 2.05) is 42.0 Å². The molecule has 2 saturated heterocycles. The Hall–Kier alpha value is -3.09. The molecule has 3 aliphatic rings. The highest BCUT2D eigenvalue weighted by Gasteiger charge is 2.33. The number of nitrogens with zero attached hydrogens (tertiary/aromatic N) is 5. The number of carbonyl (C=O) groups excluding carboxylic acids is 1. The van der Waals surface area contributed by atoms with Crippen molar-refractivity contribution in [1.82, 2.24) is 19.1 Å². The van der Waals surface area contributed by atoms with Gasteiger partial charge in [0.15, 0.2) is 0 Å². The van der Waals surface area contributed by atoms with Crippen LogP contribution < -0.4 is 19.1 Å². The second-order valence-electron chi connectivity index (χ2n) is 9.76. The summed E-state index contributed by atoms with van der Waals surface area (Å²) in [7, 11) is -0.393. The van der Waals surface area contributed by atoms with Crippen molar-refractivity contribution in [2.24, 2.45) is 0 Å². The average molecular weight is 546 g/mol. The molecular weight excluding hydrogens is 510 g/mol. The third-order valence-electron chi connectivity index (χ3n) is 7.29. The van der Waals surface area contributed by atoms with E-state index in [1.54, 1.807) is 12.3 Å². The molecule has 0 aliphatic carbocycles. The number of pyridine rings is 1. The topological polar surface area (TPSA) is 105 Å². The highest BCUT2D eigenvalue weighted by molar-refractivity contribution is 7.89. The summed E-state index contributed by atoms with van der Waals surface area (Å²) in [6.45, 7) is 6.24. The van der Waals surface area contributed by atoms with Crippen LogP contribution in [-0.4, -0.2) is 106 Å². The monoisotopic (exact) mass is 545 g/mol. The molecule has 11 nitrogen and oxygen atoms in total. The first-order chi connectivity index (χ1) is 18.3. The number of piperazine rings is 1. The number of likely N-dealkylation sites (N-methyl/N-ethyl adjacent to an activating group) is 1. The fourth-order valence-corrected chi connectivity index (χ4v) is 6.63. The molecule has 2 aromatic rings. The second kappa shape index (κ2) is 11.0. The van der Waals surface area contributed by atoms with E-state index < -0.39 is 10.0 Å². The van der Waals surface area contributed by atoms with Crippen LogP contribution in [0.25, 0.3) is 0 Å². The van der Waals surface area contributed by atoms with Gasteiger partial charge in [0.2, 0.25) is 21.8 Å². The minimum absolute atomic E-state index is 0.0501. The van der Waals surface area contributed by atoms with E-state index in [4.69, 9.17) is 14.2 Å². The van der Waals surface area contributed by atoms with Gasteiger partial charge < -0.3 is 28.9 Å². The van der Waals surface area contributed by atoms with Crippen LogP contribution in [0.4, 0.5) is 11.4 Å². The van der Waals surface area contributed by atoms with Crippen molar-refractivity contribution < 1.29 is 27.4 Å². The first kappa shape index (κ1) is 26.5. The van der Waals surface area contributed by atoms with Gasteiger partial charge in [0.05, 0.1) is 37.8 Å². The molecule has 5 rings (SSSR count). The van der Waals surface area contributed by atoms with Gasteiger partial charge in [-0.15, -0.1) is 0 Å². The normalized spacial score (nSPS) is 20.7. The van der Waals surface area contributed by atoms with Crippen LogP contribution in [0.3, 0.4) is 0 Å². The van der Waals surface area contributed by atoms with Crippen molar-refractivity contribution in [2.45, 2.75) is 30.8 Å². The maximum Gasteiger partial charge on any atom is 0.248 e. The lowest BCUT2D eigenvalue weighted by Gasteiger charge is -2.33. The molecule has 0 saturated carbocycles. The Labute approximate surface area is 223 Å². The second-order valence-corrected chi connectivity index (χ2v) is 11.7. The fourth-order valence-electron chi connectivity index (χ4n) is 5.08. The number of hydrogen-bond acceptors (Lipinski definition) is 9. The first-order valence-electron chi connectivity index (χ1n) is 13.0. The number of anilines is 2. The number of benzene rings is 1. The van der Waals surface area contributed by atoms with Crippen molar-refractivity contribution >= 4 is 27.3 Å². The Morgan fingerprint density at radius 2 is 1.92 bits per heavy atom. The number of fused-ring (bicyclic) bond motifs is 1. The van der Waals surface area contributed by atoms with E-state index in [2.05, 4.69) is 9.88 Å². The molecule has 3 aliphatic heterocycles. The highest BCUT2D eigenvalue weighted by atomic mass is 32.2. The largest absolute Gasteiger partial charge is 0.490 e. The van der Waals surface area contributed by atoms with Crippen LogP contribution in [0.15, 0.2) is 35.4 Å². The van der Waals surface area contributed by atoms with Crippen LogP contribution in [0.1, 0.15) is 19.8 Å². The van der Waals surface area contributed by atoms with Gasteiger partial charge in [0.25, 0.3) is 0 Å². The summed E-state index contributed by atoms with van der Waals surface area (Å²) in [6.07, 6.45) is 2.80. The summed E-state index contributed by atoms with van der Waals surface area (Å²) >= 11 is 0. The van der Waals surface area contributed by atoms with Crippen LogP contribution in [0, 0.1) is 0 Å². The molecule has 1 amide bonds. The number of sulfonamides is 1. The Morgan fingerprint density at radius 1 is 1.13 bits per heavy atom. The lowest BCUT2D eigenvalue weighted by Crippen LogP contribution is -2.47. The van der Waals surface area contributed by atoms with Crippen molar-refractivity contribution in [3.05, 3.63) is 30.5 Å². The SMILES string of the molecule is CCC(=O)N1CCC(Oc2ccc3c(c2)N(c2cnc(OC)c(S(=O)(=O)N4CCN(C)CC4)c2)CCO3)C1. The van der Waals surface area contributed by atoms with Gasteiger partial charge in [-0.05, 0) is 25.2 Å². The molecule has 0 bridgehead atoms. The predicted molar refractivity (Wildman–Crippen MR) is 142 cm³/mol. The number of rotatable bonds is 7. The number of hydrogen-bond donors (Lipinski definition) is 0. The number of methoxy groups -OCH3 is 1. The number of ether oxygens (including phenoxy) is 3. The molecule has 1 aromatic carbocycles. The zero-order chi connectivity index (χ0) is 26.9. The van der Waals surface area contributed by atoms with Crippen LogP contribution in [-0.2, 0) is 14.8 Å². The van der Waals surface area contributed by atoms with E-state index >= 15 is 0 Å². The van der Waals surface area contributed by atoms with Gasteiger partial charge in [-0.25, -0.2) is 13.4 Å². The van der Waals surface area contributed by atoms with Gasteiger partial charge in [0, 0.05) is 51.6 Å². The molecule has 38 heavy (non-hydrogen) atoms. The summed E-state index contributed by atoms with van der Waals surface area (Å²) in [5.41, 5.74) is 1.39. The van der Waals surface area contributed by atoms with Gasteiger partial charge in [-0.2, -0.15) is 4.31 Å². The standard InChI is InChI=1S/C26H35N5O6S/c1-4-25(32)29-8-7-21(18-29)37-20-5-6-23-22(16-20)31(13-14-36-23)19-15-24(26(35-3)27-17-19)38(33,34)30-11-9-28(2)10-12-30/h5-6,15-17,21H,4,7-14,18H2,1-3H3. The maximum absolute atomic E-state index is 13.6. The summed E-state index contributed by atoms with van der Waals surface area (Å²) < 4.78 is 46.2. The minimum Gasteiger partial charge on any atom is -0.490 e. The third-order valence-corrected chi connectivity index (χ3v) is 9.18. The van der Waals surface area contributed by atoms with Crippen molar-refractivity contribution in [2.75, 3.05) is 71.5 Å². The summed E-state index contributed by atoms with van der Waals surface area (Å²) in [5.74, 6) is 1.56. The van der Waals surface area contributed by atoms with E-state index in [1.165, 1.54) is 11.4 Å². The lowest BCUT2D eigenvalue weighted by atomic mass is 10.2. The van der Waals surface area contributed by atoms with E-state index in [0.29, 0.717) is 76.0 Å². The number of likely N-dealkylation sites (tertiary alicyclic amines) is 1. The Morgan fingerprint density at radius 3 is 2.66 bits per heavy atom. The zero-order valence-electron chi connectivity index (χ0n) is 22.1. The molecule has 0 N–H and O–H groups in total. The molecule has 4 heterocycles. The molecule has 0 radical (unpaired) electrons. The van der Waals surface area contributed by atoms with Gasteiger partial charge in [0.1, 0.15) is 29.1 Å². The quantitative estimate of drug-likeness (QED) is 0.516. The molecular formula is C26H35N5O6S. The van der Waals surface area contributed by atoms with E-state index in [-0.39, 0.29) is 22.8 Å². The molecule has 206 valence electrons. The van der Waals surface area contributed by atoms with E-state index in [0.717, 1.165) is 12.1 Å². The van der Waals surface area contributed by atoms with Crippen molar-refractivity contribution in [1.29, 1.82) is 0 Å². The molecule has 1 aromatic heterocycles. The molecule has 12 heteroatoms. The zero-order valence-corrected chi connectivity index (χ0v) is 22.9. The Bertz CT molecular complexity index is 1280.